The van der Waals surface area contributed by atoms with E-state index in [2.05, 4.69) is 4.98 Å². The van der Waals surface area contributed by atoms with E-state index in [0.717, 1.165) is 39.0 Å². The van der Waals surface area contributed by atoms with Crippen LogP contribution in [0.5, 0.6) is 5.75 Å². The SMILES string of the molecule is Cc1ccc2c(c1)N(C(=O)Cn1cnc(-c3nc(-c4ccccc4)cs3)c1)CCO2. The number of aryl methyl sites for hydroxylation is 1. The first kappa shape index (κ1) is 18.6. The highest BCUT2D eigenvalue weighted by Crippen LogP contribution is 2.33. The largest absolute Gasteiger partial charge is 0.490 e. The Morgan fingerprint density at radius 2 is 2.03 bits per heavy atom. The first-order valence-corrected chi connectivity index (χ1v) is 10.6. The summed E-state index contributed by atoms with van der Waals surface area (Å²) >= 11 is 1.55. The summed E-state index contributed by atoms with van der Waals surface area (Å²) in [6, 6.07) is 16.0. The van der Waals surface area contributed by atoms with Crippen molar-refractivity contribution < 1.29 is 9.53 Å². The minimum absolute atomic E-state index is 0.0122. The molecule has 2 aromatic heterocycles. The van der Waals surface area contributed by atoms with Crippen molar-refractivity contribution >= 4 is 22.9 Å². The number of ether oxygens (including phenoxy) is 1. The summed E-state index contributed by atoms with van der Waals surface area (Å²) in [6.45, 7) is 3.27. The van der Waals surface area contributed by atoms with Crippen LogP contribution < -0.4 is 9.64 Å². The Morgan fingerprint density at radius 1 is 1.17 bits per heavy atom. The highest BCUT2D eigenvalue weighted by atomic mass is 32.1. The molecule has 0 unspecified atom stereocenters. The molecule has 1 aliphatic heterocycles. The molecular weight excluding hydrogens is 396 g/mol. The summed E-state index contributed by atoms with van der Waals surface area (Å²) < 4.78 is 7.50. The van der Waals surface area contributed by atoms with Crippen molar-refractivity contribution in [1.82, 2.24) is 14.5 Å². The van der Waals surface area contributed by atoms with Crippen molar-refractivity contribution in [3.63, 3.8) is 0 Å². The van der Waals surface area contributed by atoms with E-state index in [-0.39, 0.29) is 12.5 Å². The number of fused-ring (bicyclic) bond motifs is 1. The Balaban J connectivity index is 1.33. The summed E-state index contributed by atoms with van der Waals surface area (Å²) in [7, 11) is 0. The van der Waals surface area contributed by atoms with Crippen molar-refractivity contribution in [2.45, 2.75) is 13.5 Å². The summed E-state index contributed by atoms with van der Waals surface area (Å²) in [6.07, 6.45) is 3.57. The third kappa shape index (κ3) is 3.59. The average molecular weight is 417 g/mol. The van der Waals surface area contributed by atoms with Gasteiger partial charge in [0.25, 0.3) is 0 Å². The van der Waals surface area contributed by atoms with Crippen LogP contribution in [0.25, 0.3) is 22.0 Å². The fourth-order valence-corrected chi connectivity index (χ4v) is 4.31. The Hall–Kier alpha value is -3.45. The van der Waals surface area contributed by atoms with E-state index < -0.39 is 0 Å². The fraction of sp³-hybridized carbons (Fsp3) is 0.174. The molecular formula is C23H20N4O2S. The molecule has 150 valence electrons. The summed E-state index contributed by atoms with van der Waals surface area (Å²) in [5.74, 6) is 0.765. The number of anilines is 1. The lowest BCUT2D eigenvalue weighted by Gasteiger charge is -2.30. The second-order valence-corrected chi connectivity index (χ2v) is 8.06. The predicted octanol–water partition coefficient (Wildman–Crippen LogP) is 4.41. The summed E-state index contributed by atoms with van der Waals surface area (Å²) in [5, 5.41) is 2.87. The average Bonchev–Trinajstić information content (AvgIpc) is 3.43. The Bertz CT molecular complexity index is 1200. The number of hydrogen-bond donors (Lipinski definition) is 0. The van der Waals surface area contributed by atoms with Crippen molar-refractivity contribution in [3.05, 3.63) is 72.0 Å². The molecule has 0 bridgehead atoms. The van der Waals surface area contributed by atoms with Crippen molar-refractivity contribution in [3.8, 4) is 27.7 Å². The van der Waals surface area contributed by atoms with Gasteiger partial charge >= 0.3 is 0 Å². The molecule has 0 fully saturated rings. The lowest BCUT2D eigenvalue weighted by molar-refractivity contribution is -0.119. The molecule has 0 N–H and O–H groups in total. The van der Waals surface area contributed by atoms with E-state index in [1.165, 1.54) is 0 Å². The van der Waals surface area contributed by atoms with Gasteiger partial charge in [-0.25, -0.2) is 9.97 Å². The number of aromatic nitrogens is 3. The van der Waals surface area contributed by atoms with E-state index in [0.29, 0.717) is 13.2 Å². The number of hydrogen-bond acceptors (Lipinski definition) is 5. The molecule has 3 heterocycles. The normalized spacial score (nSPS) is 13.0. The monoisotopic (exact) mass is 416 g/mol. The first-order chi connectivity index (χ1) is 14.7. The van der Waals surface area contributed by atoms with Crippen LogP contribution in [0.4, 0.5) is 5.69 Å². The highest BCUT2D eigenvalue weighted by molar-refractivity contribution is 7.13. The minimum atomic E-state index is 0.0122. The summed E-state index contributed by atoms with van der Waals surface area (Å²) in [4.78, 5) is 23.9. The van der Waals surface area contributed by atoms with Crippen molar-refractivity contribution in [1.29, 1.82) is 0 Å². The zero-order valence-electron chi connectivity index (χ0n) is 16.5. The molecule has 0 atom stereocenters. The molecule has 2 aromatic carbocycles. The second-order valence-electron chi connectivity index (χ2n) is 7.20. The van der Waals surface area contributed by atoms with Gasteiger partial charge in [-0.05, 0) is 24.6 Å². The first-order valence-electron chi connectivity index (χ1n) is 9.74. The van der Waals surface area contributed by atoms with Gasteiger partial charge in [0.1, 0.15) is 29.6 Å². The number of benzene rings is 2. The van der Waals surface area contributed by atoms with Crippen LogP contribution in [-0.2, 0) is 11.3 Å². The fourth-order valence-electron chi connectivity index (χ4n) is 3.52. The van der Waals surface area contributed by atoms with E-state index in [1.807, 2.05) is 71.6 Å². The number of amides is 1. The zero-order chi connectivity index (χ0) is 20.5. The maximum absolute atomic E-state index is 13.0. The number of carbonyl (C=O) groups excluding carboxylic acids is 1. The van der Waals surface area contributed by atoms with Gasteiger partial charge in [0, 0.05) is 17.1 Å². The Morgan fingerprint density at radius 3 is 2.90 bits per heavy atom. The Labute approximate surface area is 178 Å². The molecule has 5 rings (SSSR count). The molecule has 6 nitrogen and oxygen atoms in total. The lowest BCUT2D eigenvalue weighted by Crippen LogP contribution is -2.39. The number of imidazole rings is 1. The van der Waals surface area contributed by atoms with Crippen LogP contribution in [0.15, 0.2) is 66.4 Å². The molecule has 0 saturated heterocycles. The number of rotatable bonds is 4. The molecule has 1 aliphatic rings. The smallest absolute Gasteiger partial charge is 0.247 e. The van der Waals surface area contributed by atoms with Gasteiger partial charge in [-0.3, -0.25) is 4.79 Å². The minimum Gasteiger partial charge on any atom is -0.490 e. The second kappa shape index (κ2) is 7.76. The van der Waals surface area contributed by atoms with Gasteiger partial charge in [-0.2, -0.15) is 0 Å². The third-order valence-corrected chi connectivity index (χ3v) is 5.89. The van der Waals surface area contributed by atoms with Crippen LogP contribution in [0.1, 0.15) is 5.56 Å². The van der Waals surface area contributed by atoms with Crippen LogP contribution in [0.3, 0.4) is 0 Å². The standard InChI is InChI=1S/C23H20N4O2S/c1-16-7-8-21-20(11-16)27(9-10-29-21)22(28)13-26-12-18(24-15-26)23-25-19(14-30-23)17-5-3-2-4-6-17/h2-8,11-12,14-15H,9-10,13H2,1H3. The molecule has 0 aliphatic carbocycles. The van der Waals surface area contributed by atoms with E-state index >= 15 is 0 Å². The predicted molar refractivity (Wildman–Crippen MR) is 118 cm³/mol. The maximum atomic E-state index is 13.0. The van der Waals surface area contributed by atoms with Gasteiger partial charge in [-0.1, -0.05) is 36.4 Å². The molecule has 4 aromatic rings. The number of nitrogens with zero attached hydrogens (tertiary/aromatic N) is 4. The van der Waals surface area contributed by atoms with Crippen molar-refractivity contribution in [2.75, 3.05) is 18.1 Å². The lowest BCUT2D eigenvalue weighted by atomic mass is 10.1. The highest BCUT2D eigenvalue weighted by Gasteiger charge is 2.24. The van der Waals surface area contributed by atoms with Gasteiger partial charge in [-0.15, -0.1) is 11.3 Å². The molecule has 7 heteroatoms. The zero-order valence-corrected chi connectivity index (χ0v) is 17.3. The molecule has 0 radical (unpaired) electrons. The third-order valence-electron chi connectivity index (χ3n) is 5.02. The van der Waals surface area contributed by atoms with Crippen LogP contribution in [-0.4, -0.2) is 33.6 Å². The number of carbonyl (C=O) groups is 1. The quantitative estimate of drug-likeness (QED) is 0.495. The molecule has 1 amide bonds. The van der Waals surface area contributed by atoms with Gasteiger partial charge in [0.2, 0.25) is 5.91 Å². The molecule has 30 heavy (non-hydrogen) atoms. The van der Waals surface area contributed by atoms with Crippen molar-refractivity contribution in [2.24, 2.45) is 0 Å². The van der Waals surface area contributed by atoms with Gasteiger partial charge in [0.15, 0.2) is 0 Å². The Kier molecular flexibility index (Phi) is 4.80. The maximum Gasteiger partial charge on any atom is 0.247 e. The van der Waals surface area contributed by atoms with Crippen LogP contribution in [0.2, 0.25) is 0 Å². The molecule has 0 spiro atoms. The van der Waals surface area contributed by atoms with E-state index in [4.69, 9.17) is 9.72 Å². The van der Waals surface area contributed by atoms with Crippen LogP contribution in [0, 0.1) is 6.92 Å². The van der Waals surface area contributed by atoms with Crippen LogP contribution >= 0.6 is 11.3 Å². The summed E-state index contributed by atoms with van der Waals surface area (Å²) in [5.41, 5.74) is 4.71. The molecule has 0 saturated carbocycles. The number of thiazole rings is 1. The van der Waals surface area contributed by atoms with Gasteiger partial charge in [0.05, 0.1) is 24.3 Å². The van der Waals surface area contributed by atoms with Gasteiger partial charge < -0.3 is 14.2 Å². The van der Waals surface area contributed by atoms with E-state index in [1.54, 1.807) is 22.6 Å². The van der Waals surface area contributed by atoms with E-state index in [9.17, 15) is 4.79 Å². The topological polar surface area (TPSA) is 60.2 Å².